The highest BCUT2D eigenvalue weighted by molar-refractivity contribution is 5.83. The summed E-state index contributed by atoms with van der Waals surface area (Å²) in [5.41, 5.74) is 5.06. The zero-order chi connectivity index (χ0) is 12.7. The fourth-order valence-corrected chi connectivity index (χ4v) is 1.69. The van der Waals surface area contributed by atoms with Gasteiger partial charge in [-0.15, -0.1) is 0 Å². The summed E-state index contributed by atoms with van der Waals surface area (Å²) in [7, 11) is 0. The number of nitrogens with zero attached hydrogens (tertiary/aromatic N) is 2. The van der Waals surface area contributed by atoms with Crippen molar-refractivity contribution in [1.82, 2.24) is 10.1 Å². The van der Waals surface area contributed by atoms with Crippen molar-refractivity contribution in [1.29, 1.82) is 0 Å². The van der Waals surface area contributed by atoms with Gasteiger partial charge < -0.3 is 14.7 Å². The molecule has 1 aromatic carbocycles. The molecular formula is C11H7F2N3O2. The number of benzene rings is 1. The number of nitrogens with two attached hydrogens (primary N) is 1. The van der Waals surface area contributed by atoms with E-state index in [-0.39, 0.29) is 34.8 Å². The second-order valence-corrected chi connectivity index (χ2v) is 3.60. The zero-order valence-corrected chi connectivity index (χ0v) is 8.98. The van der Waals surface area contributed by atoms with Crippen molar-refractivity contribution in [3.05, 3.63) is 35.9 Å². The molecule has 18 heavy (non-hydrogen) atoms. The number of fused-ring (bicyclic) bond motifs is 1. The highest BCUT2D eigenvalue weighted by Gasteiger charge is 2.21. The van der Waals surface area contributed by atoms with Crippen molar-refractivity contribution in [2.24, 2.45) is 5.73 Å². The lowest BCUT2D eigenvalue weighted by atomic mass is 10.1. The molecule has 0 unspecified atom stereocenters. The summed E-state index contributed by atoms with van der Waals surface area (Å²) in [6.45, 7) is 0.00416. The molecule has 0 amide bonds. The third kappa shape index (κ3) is 1.48. The van der Waals surface area contributed by atoms with Gasteiger partial charge in [0.1, 0.15) is 17.2 Å². The molecule has 2 N–H and O–H groups in total. The summed E-state index contributed by atoms with van der Waals surface area (Å²) >= 11 is 0. The van der Waals surface area contributed by atoms with Gasteiger partial charge in [-0.3, -0.25) is 0 Å². The van der Waals surface area contributed by atoms with Gasteiger partial charge in [-0.1, -0.05) is 5.16 Å². The van der Waals surface area contributed by atoms with Crippen molar-refractivity contribution >= 4 is 11.0 Å². The quantitative estimate of drug-likeness (QED) is 0.755. The van der Waals surface area contributed by atoms with Crippen LogP contribution >= 0.6 is 0 Å². The van der Waals surface area contributed by atoms with Crippen LogP contribution in [0.3, 0.4) is 0 Å². The summed E-state index contributed by atoms with van der Waals surface area (Å²) in [4.78, 5) is 3.80. The van der Waals surface area contributed by atoms with Crippen molar-refractivity contribution in [3.63, 3.8) is 0 Å². The van der Waals surface area contributed by atoms with Crippen LogP contribution in [0.2, 0.25) is 0 Å². The van der Waals surface area contributed by atoms with Crippen LogP contribution in [0.15, 0.2) is 27.3 Å². The average molecular weight is 251 g/mol. The summed E-state index contributed by atoms with van der Waals surface area (Å²) in [5, 5.41) is 3.65. The normalized spacial score (nSPS) is 11.3. The van der Waals surface area contributed by atoms with Gasteiger partial charge in [0.2, 0.25) is 11.7 Å². The van der Waals surface area contributed by atoms with Crippen LogP contribution in [0.4, 0.5) is 8.78 Å². The van der Waals surface area contributed by atoms with Gasteiger partial charge in [-0.05, 0) is 6.07 Å². The van der Waals surface area contributed by atoms with E-state index in [2.05, 4.69) is 10.1 Å². The van der Waals surface area contributed by atoms with Crippen LogP contribution in [0.5, 0.6) is 0 Å². The summed E-state index contributed by atoms with van der Waals surface area (Å²) < 4.78 is 37.6. The minimum atomic E-state index is -0.820. The minimum absolute atomic E-state index is 0.00416. The van der Waals surface area contributed by atoms with Crippen molar-refractivity contribution in [2.75, 3.05) is 0 Å². The lowest BCUT2D eigenvalue weighted by Crippen LogP contribution is -1.97. The topological polar surface area (TPSA) is 78.1 Å². The predicted octanol–water partition coefficient (Wildman–Crippen LogP) is 2.22. The lowest BCUT2D eigenvalue weighted by Gasteiger charge is -2.00. The van der Waals surface area contributed by atoms with Crippen LogP contribution in [0, 0.1) is 11.6 Å². The number of furan rings is 1. The molecule has 92 valence electrons. The standard InChI is InChI=1S/C11H7F2N3O2/c12-6-3-7-5(1-2-17-7)10(13)9(6)11-15-8(4-14)18-16-11/h1-3H,4,14H2. The van der Waals surface area contributed by atoms with E-state index in [4.69, 9.17) is 14.7 Å². The Bertz CT molecular complexity index is 720. The summed E-state index contributed by atoms with van der Waals surface area (Å²) in [6, 6.07) is 2.48. The highest BCUT2D eigenvalue weighted by atomic mass is 19.1. The Morgan fingerprint density at radius 1 is 1.33 bits per heavy atom. The Kier molecular flexibility index (Phi) is 2.34. The van der Waals surface area contributed by atoms with E-state index >= 15 is 0 Å². The van der Waals surface area contributed by atoms with Crippen LogP contribution in [0.25, 0.3) is 22.4 Å². The first kappa shape index (κ1) is 10.8. The Hall–Kier alpha value is -2.28. The minimum Gasteiger partial charge on any atom is -0.464 e. The molecular weight excluding hydrogens is 244 g/mol. The van der Waals surface area contributed by atoms with Gasteiger partial charge in [0, 0.05) is 6.07 Å². The first-order valence-corrected chi connectivity index (χ1v) is 5.09. The number of hydrogen-bond acceptors (Lipinski definition) is 5. The molecule has 0 aliphatic heterocycles. The molecule has 7 heteroatoms. The van der Waals surface area contributed by atoms with E-state index in [1.54, 1.807) is 0 Å². The SMILES string of the molecule is NCc1nc(-c2c(F)cc3occc3c2F)no1. The van der Waals surface area contributed by atoms with E-state index in [0.717, 1.165) is 6.07 Å². The van der Waals surface area contributed by atoms with Gasteiger partial charge in [0.15, 0.2) is 0 Å². The lowest BCUT2D eigenvalue weighted by molar-refractivity contribution is 0.380. The number of aromatic nitrogens is 2. The fourth-order valence-electron chi connectivity index (χ4n) is 1.69. The molecule has 0 fully saturated rings. The molecule has 3 aromatic rings. The molecule has 0 aliphatic rings. The first-order valence-electron chi connectivity index (χ1n) is 5.09. The Morgan fingerprint density at radius 2 is 2.17 bits per heavy atom. The third-order valence-corrected chi connectivity index (χ3v) is 2.51. The number of hydrogen-bond donors (Lipinski definition) is 1. The summed E-state index contributed by atoms with van der Waals surface area (Å²) in [6.07, 6.45) is 1.28. The van der Waals surface area contributed by atoms with Gasteiger partial charge in [-0.25, -0.2) is 8.78 Å². The Labute approximate surface area is 99.2 Å². The summed E-state index contributed by atoms with van der Waals surface area (Å²) in [5.74, 6) is -1.67. The van der Waals surface area contributed by atoms with E-state index in [9.17, 15) is 8.78 Å². The number of rotatable bonds is 2. The second kappa shape index (κ2) is 3.88. The molecule has 0 saturated heterocycles. The van der Waals surface area contributed by atoms with E-state index < -0.39 is 11.6 Å². The molecule has 0 aliphatic carbocycles. The predicted molar refractivity (Wildman–Crippen MR) is 57.3 cm³/mol. The molecule has 0 spiro atoms. The highest BCUT2D eigenvalue weighted by Crippen LogP contribution is 2.30. The molecule has 0 bridgehead atoms. The molecule has 2 heterocycles. The van der Waals surface area contributed by atoms with Gasteiger partial charge in [0.25, 0.3) is 0 Å². The average Bonchev–Trinajstić information content (AvgIpc) is 2.97. The van der Waals surface area contributed by atoms with Gasteiger partial charge in [0.05, 0.1) is 23.8 Å². The maximum Gasteiger partial charge on any atom is 0.240 e. The molecule has 0 radical (unpaired) electrons. The Balaban J connectivity index is 2.27. The number of halogens is 2. The van der Waals surface area contributed by atoms with E-state index in [1.165, 1.54) is 12.3 Å². The van der Waals surface area contributed by atoms with Crippen LogP contribution in [0.1, 0.15) is 5.89 Å². The molecule has 5 nitrogen and oxygen atoms in total. The van der Waals surface area contributed by atoms with Gasteiger partial charge in [-0.2, -0.15) is 4.98 Å². The van der Waals surface area contributed by atoms with E-state index in [0.29, 0.717) is 0 Å². The maximum absolute atomic E-state index is 14.1. The second-order valence-electron chi connectivity index (χ2n) is 3.60. The monoisotopic (exact) mass is 251 g/mol. The van der Waals surface area contributed by atoms with Crippen LogP contribution in [-0.2, 0) is 6.54 Å². The smallest absolute Gasteiger partial charge is 0.240 e. The molecule has 2 aromatic heterocycles. The van der Waals surface area contributed by atoms with Crippen LogP contribution < -0.4 is 5.73 Å². The fraction of sp³-hybridized carbons (Fsp3) is 0.0909. The van der Waals surface area contributed by atoms with E-state index in [1.807, 2.05) is 0 Å². The largest absolute Gasteiger partial charge is 0.464 e. The van der Waals surface area contributed by atoms with Crippen molar-refractivity contribution < 1.29 is 17.7 Å². The first-order chi connectivity index (χ1) is 8.70. The van der Waals surface area contributed by atoms with Crippen molar-refractivity contribution in [3.8, 4) is 11.4 Å². The molecule has 3 rings (SSSR count). The maximum atomic E-state index is 14.1. The zero-order valence-electron chi connectivity index (χ0n) is 8.98. The van der Waals surface area contributed by atoms with Crippen molar-refractivity contribution in [2.45, 2.75) is 6.54 Å². The third-order valence-electron chi connectivity index (χ3n) is 2.51. The Morgan fingerprint density at radius 3 is 2.89 bits per heavy atom. The van der Waals surface area contributed by atoms with Gasteiger partial charge >= 0.3 is 0 Å². The molecule has 0 atom stereocenters. The molecule has 0 saturated carbocycles. The van der Waals surface area contributed by atoms with Crippen LogP contribution in [-0.4, -0.2) is 10.1 Å².